The quantitative estimate of drug-likeness (QED) is 0.789. The van der Waals surface area contributed by atoms with Crippen LogP contribution in [0.25, 0.3) is 0 Å². The molecule has 0 saturated carbocycles. The van der Waals surface area contributed by atoms with Crippen LogP contribution in [0.3, 0.4) is 0 Å². The molecule has 2 aliphatic heterocycles. The molecule has 1 fully saturated rings. The fourth-order valence-corrected chi connectivity index (χ4v) is 4.44. The number of hydrogen-bond acceptors (Lipinski definition) is 3. The maximum absolute atomic E-state index is 13.2. The summed E-state index contributed by atoms with van der Waals surface area (Å²) in [7, 11) is 0. The molecule has 1 N–H and O–H groups in total. The molecule has 0 bridgehead atoms. The molecule has 4 amide bonds. The van der Waals surface area contributed by atoms with Crippen LogP contribution in [0.15, 0.2) is 48.5 Å². The molecule has 0 aromatic heterocycles. The second-order valence-electron chi connectivity index (χ2n) is 7.66. The lowest BCUT2D eigenvalue weighted by Gasteiger charge is -2.33. The number of rotatable bonds is 3. The first-order chi connectivity index (χ1) is 13.8. The number of nitrogens with zero attached hydrogens (tertiary/aromatic N) is 2. The van der Waals surface area contributed by atoms with Crippen molar-refractivity contribution in [2.24, 2.45) is 0 Å². The molecule has 2 aromatic carbocycles. The molecule has 29 heavy (non-hydrogen) atoms. The molecule has 150 valence electrons. The van der Waals surface area contributed by atoms with Crippen molar-refractivity contribution in [3.05, 3.63) is 70.2 Å². The van der Waals surface area contributed by atoms with Gasteiger partial charge in [0.25, 0.3) is 5.91 Å². The minimum Gasteiger partial charge on any atom is -0.336 e. The fourth-order valence-electron chi connectivity index (χ4n) is 4.12. The van der Waals surface area contributed by atoms with Gasteiger partial charge >= 0.3 is 6.03 Å². The van der Waals surface area contributed by atoms with Gasteiger partial charge in [0, 0.05) is 23.7 Å². The zero-order valence-corrected chi connectivity index (χ0v) is 17.1. The summed E-state index contributed by atoms with van der Waals surface area (Å²) in [5.74, 6) is -0.722. The second-order valence-corrected chi connectivity index (χ2v) is 8.07. The number of halogens is 1. The normalized spacial score (nSPS) is 22.3. The van der Waals surface area contributed by atoms with E-state index < -0.39 is 23.5 Å². The van der Waals surface area contributed by atoms with Crippen LogP contribution in [0.2, 0.25) is 5.02 Å². The van der Waals surface area contributed by atoms with Crippen LogP contribution in [0.5, 0.6) is 0 Å². The van der Waals surface area contributed by atoms with E-state index in [4.69, 9.17) is 11.6 Å². The van der Waals surface area contributed by atoms with E-state index in [9.17, 15) is 14.4 Å². The number of fused-ring (bicyclic) bond motifs is 1. The lowest BCUT2D eigenvalue weighted by molar-refractivity contribution is -0.143. The summed E-state index contributed by atoms with van der Waals surface area (Å²) in [5.41, 5.74) is 1.52. The van der Waals surface area contributed by atoms with E-state index >= 15 is 0 Å². The summed E-state index contributed by atoms with van der Waals surface area (Å²) in [6, 6.07) is 13.4. The van der Waals surface area contributed by atoms with Gasteiger partial charge in [-0.1, -0.05) is 54.1 Å². The monoisotopic (exact) mass is 411 g/mol. The minimum atomic E-state index is -1.31. The Hall–Kier alpha value is -2.86. The van der Waals surface area contributed by atoms with Crippen LogP contribution in [0, 0.1) is 0 Å². The SMILES string of the molecule is CC(C(=O)N1CCc2ccccc2C1)N1C(=O)NC(C)(c2ccccc2Cl)C1=O. The van der Waals surface area contributed by atoms with Crippen LogP contribution in [-0.4, -0.2) is 40.2 Å². The molecule has 0 radical (unpaired) electrons. The Labute approximate surface area is 174 Å². The number of amides is 4. The average molecular weight is 412 g/mol. The summed E-state index contributed by atoms with van der Waals surface area (Å²) in [6.07, 6.45) is 0.756. The number of benzene rings is 2. The number of carbonyl (C=O) groups is 3. The first kappa shape index (κ1) is 19.5. The molecule has 0 spiro atoms. The van der Waals surface area contributed by atoms with Gasteiger partial charge in [0.15, 0.2) is 0 Å². The van der Waals surface area contributed by atoms with Crippen LogP contribution < -0.4 is 5.32 Å². The maximum Gasteiger partial charge on any atom is 0.326 e. The number of carbonyl (C=O) groups excluding carboxylic acids is 3. The predicted octanol–water partition coefficient (Wildman–Crippen LogP) is 3.08. The van der Waals surface area contributed by atoms with Gasteiger partial charge in [-0.2, -0.15) is 0 Å². The standard InChI is InChI=1S/C22H22ClN3O3/c1-14(19(27)25-12-11-15-7-3-4-8-16(15)13-25)26-20(28)22(2,24-21(26)29)17-9-5-6-10-18(17)23/h3-10,14H,11-13H2,1-2H3,(H,24,29). The zero-order valence-electron chi connectivity index (χ0n) is 16.3. The largest absolute Gasteiger partial charge is 0.336 e. The van der Waals surface area contributed by atoms with Gasteiger partial charge in [-0.3, -0.25) is 9.59 Å². The summed E-state index contributed by atoms with van der Waals surface area (Å²) >= 11 is 6.27. The van der Waals surface area contributed by atoms with Gasteiger partial charge in [0.1, 0.15) is 11.6 Å². The smallest absolute Gasteiger partial charge is 0.326 e. The molecule has 2 unspecified atom stereocenters. The predicted molar refractivity (Wildman–Crippen MR) is 109 cm³/mol. The molecular formula is C22H22ClN3O3. The molecule has 1 saturated heterocycles. The molecule has 2 heterocycles. The Kier molecular flexibility index (Phi) is 4.82. The number of hydrogen-bond donors (Lipinski definition) is 1. The van der Waals surface area contributed by atoms with Crippen molar-refractivity contribution in [1.82, 2.24) is 15.1 Å². The van der Waals surface area contributed by atoms with Crippen LogP contribution >= 0.6 is 11.6 Å². The van der Waals surface area contributed by atoms with Crippen molar-refractivity contribution >= 4 is 29.4 Å². The van der Waals surface area contributed by atoms with E-state index in [0.717, 1.165) is 16.9 Å². The highest BCUT2D eigenvalue weighted by molar-refractivity contribution is 6.32. The summed E-state index contributed by atoms with van der Waals surface area (Å²) in [6.45, 7) is 4.25. The van der Waals surface area contributed by atoms with Crippen molar-refractivity contribution in [3.63, 3.8) is 0 Å². The van der Waals surface area contributed by atoms with Gasteiger partial charge < -0.3 is 10.2 Å². The van der Waals surface area contributed by atoms with Gasteiger partial charge in [0.05, 0.1) is 0 Å². The summed E-state index contributed by atoms with van der Waals surface area (Å²) < 4.78 is 0. The highest BCUT2D eigenvalue weighted by Gasteiger charge is 2.52. The first-order valence-electron chi connectivity index (χ1n) is 9.59. The van der Waals surface area contributed by atoms with Crippen LogP contribution in [0.1, 0.15) is 30.5 Å². The molecule has 2 atom stereocenters. The van der Waals surface area contributed by atoms with E-state index in [0.29, 0.717) is 23.7 Å². The summed E-state index contributed by atoms with van der Waals surface area (Å²) in [5, 5.41) is 3.11. The number of urea groups is 1. The molecule has 7 heteroatoms. The molecule has 6 nitrogen and oxygen atoms in total. The number of imide groups is 1. The Balaban J connectivity index is 1.57. The molecule has 2 aromatic rings. The lowest BCUT2D eigenvalue weighted by Crippen LogP contribution is -2.51. The minimum absolute atomic E-state index is 0.244. The molecular weight excluding hydrogens is 390 g/mol. The fraction of sp³-hybridized carbons (Fsp3) is 0.318. The van der Waals surface area contributed by atoms with Crippen molar-refractivity contribution in [2.45, 2.75) is 38.4 Å². The van der Waals surface area contributed by atoms with Crippen molar-refractivity contribution < 1.29 is 14.4 Å². The van der Waals surface area contributed by atoms with Crippen molar-refractivity contribution in [2.75, 3.05) is 6.54 Å². The lowest BCUT2D eigenvalue weighted by atomic mass is 9.91. The van der Waals surface area contributed by atoms with E-state index in [-0.39, 0.29) is 5.91 Å². The third-order valence-electron chi connectivity index (χ3n) is 5.82. The van der Waals surface area contributed by atoms with E-state index in [2.05, 4.69) is 11.4 Å². The third-order valence-corrected chi connectivity index (χ3v) is 6.15. The third kappa shape index (κ3) is 3.17. The second kappa shape index (κ2) is 7.19. The van der Waals surface area contributed by atoms with E-state index in [1.165, 1.54) is 5.56 Å². The van der Waals surface area contributed by atoms with Crippen molar-refractivity contribution in [1.29, 1.82) is 0 Å². The maximum atomic E-state index is 13.2. The molecule has 2 aliphatic rings. The van der Waals surface area contributed by atoms with Crippen molar-refractivity contribution in [3.8, 4) is 0 Å². The Morgan fingerprint density at radius 3 is 2.48 bits per heavy atom. The van der Waals surface area contributed by atoms with Gasteiger partial charge in [0.2, 0.25) is 5.91 Å². The van der Waals surface area contributed by atoms with Gasteiger partial charge in [-0.05, 0) is 37.5 Å². The topological polar surface area (TPSA) is 69.7 Å². The Bertz CT molecular complexity index is 1010. The summed E-state index contributed by atoms with van der Waals surface area (Å²) in [4.78, 5) is 41.8. The van der Waals surface area contributed by atoms with E-state index in [1.54, 1.807) is 43.0 Å². The van der Waals surface area contributed by atoms with Crippen LogP contribution in [0.4, 0.5) is 4.79 Å². The Morgan fingerprint density at radius 1 is 1.10 bits per heavy atom. The van der Waals surface area contributed by atoms with E-state index in [1.807, 2.05) is 18.2 Å². The highest BCUT2D eigenvalue weighted by Crippen LogP contribution is 2.34. The highest BCUT2D eigenvalue weighted by atomic mass is 35.5. The van der Waals surface area contributed by atoms with Crippen LogP contribution in [-0.2, 0) is 28.1 Å². The van der Waals surface area contributed by atoms with Gasteiger partial charge in [-0.25, -0.2) is 9.69 Å². The average Bonchev–Trinajstić information content (AvgIpc) is 2.95. The van der Waals surface area contributed by atoms with Gasteiger partial charge in [-0.15, -0.1) is 0 Å². The Morgan fingerprint density at radius 2 is 1.76 bits per heavy atom. The molecule has 4 rings (SSSR count). The number of nitrogens with one attached hydrogen (secondary N) is 1. The molecule has 0 aliphatic carbocycles. The first-order valence-corrected chi connectivity index (χ1v) is 9.97. The zero-order chi connectivity index (χ0) is 20.8.